The van der Waals surface area contributed by atoms with Crippen LogP contribution in [-0.4, -0.2) is 36.4 Å². The molecule has 5 nitrogen and oxygen atoms in total. The third-order valence-corrected chi connectivity index (χ3v) is 4.77. The number of likely N-dealkylation sites (N-methyl/N-ethyl adjacent to an activating group) is 1. The van der Waals surface area contributed by atoms with Gasteiger partial charge in [0.1, 0.15) is 11.8 Å². The average Bonchev–Trinajstić information content (AvgIpc) is 2.67. The van der Waals surface area contributed by atoms with Gasteiger partial charge in [-0.1, -0.05) is 52.7 Å². The van der Waals surface area contributed by atoms with E-state index in [1.54, 1.807) is 24.1 Å². The molecule has 2 aromatic carbocycles. The van der Waals surface area contributed by atoms with Gasteiger partial charge in [0, 0.05) is 18.1 Å². The van der Waals surface area contributed by atoms with Crippen LogP contribution in [0.3, 0.4) is 0 Å². The normalized spacial score (nSPS) is 11.6. The zero-order valence-corrected chi connectivity index (χ0v) is 17.5. The fraction of sp³-hybridized carbons (Fsp3) is 0.333. The number of aryl methyl sites for hydroxylation is 1. The lowest BCUT2D eigenvalue weighted by Crippen LogP contribution is -2.49. The van der Waals surface area contributed by atoms with Crippen LogP contribution in [0.15, 0.2) is 53.0 Å². The molecular weight excluding hydrogens is 408 g/mol. The zero-order chi connectivity index (χ0) is 19.8. The molecule has 0 fully saturated rings. The van der Waals surface area contributed by atoms with Crippen molar-refractivity contribution in [1.82, 2.24) is 10.2 Å². The monoisotopic (exact) mass is 432 g/mol. The maximum Gasteiger partial charge on any atom is 0.261 e. The molecule has 0 saturated heterocycles. The molecule has 0 bridgehead atoms. The summed E-state index contributed by atoms with van der Waals surface area (Å²) < 4.78 is 6.57. The van der Waals surface area contributed by atoms with Crippen molar-refractivity contribution in [2.75, 3.05) is 13.7 Å². The molecule has 1 atom stereocenters. The van der Waals surface area contributed by atoms with Crippen molar-refractivity contribution in [2.24, 2.45) is 0 Å². The van der Waals surface area contributed by atoms with E-state index < -0.39 is 6.04 Å². The van der Waals surface area contributed by atoms with Crippen LogP contribution < -0.4 is 10.1 Å². The van der Waals surface area contributed by atoms with Gasteiger partial charge < -0.3 is 15.0 Å². The Hall–Kier alpha value is -2.34. The van der Waals surface area contributed by atoms with Crippen LogP contribution in [0.2, 0.25) is 0 Å². The highest BCUT2D eigenvalue weighted by molar-refractivity contribution is 9.10. The minimum absolute atomic E-state index is 0.124. The maximum atomic E-state index is 12.9. The molecule has 0 aromatic heterocycles. The van der Waals surface area contributed by atoms with Crippen molar-refractivity contribution >= 4 is 27.7 Å². The lowest BCUT2D eigenvalue weighted by molar-refractivity contribution is -0.142. The van der Waals surface area contributed by atoms with Gasteiger partial charge >= 0.3 is 0 Å². The van der Waals surface area contributed by atoms with E-state index in [2.05, 4.69) is 21.2 Å². The van der Waals surface area contributed by atoms with Crippen LogP contribution in [-0.2, 0) is 16.1 Å². The Balaban J connectivity index is 2.17. The number of nitrogens with zero attached hydrogens (tertiary/aromatic N) is 1. The molecule has 0 saturated carbocycles. The minimum Gasteiger partial charge on any atom is -0.484 e. The first-order valence-corrected chi connectivity index (χ1v) is 9.68. The van der Waals surface area contributed by atoms with Crippen LogP contribution in [0.4, 0.5) is 0 Å². The third-order valence-electron chi connectivity index (χ3n) is 4.24. The summed E-state index contributed by atoms with van der Waals surface area (Å²) in [6.07, 6.45) is 0.523. The van der Waals surface area contributed by atoms with Crippen LogP contribution >= 0.6 is 15.9 Å². The minimum atomic E-state index is -0.545. The number of carbonyl (C=O) groups is 2. The molecule has 0 radical (unpaired) electrons. The predicted molar refractivity (Wildman–Crippen MR) is 110 cm³/mol. The van der Waals surface area contributed by atoms with Gasteiger partial charge in [-0.25, -0.2) is 0 Å². The lowest BCUT2D eigenvalue weighted by atomic mass is 10.1. The molecule has 1 unspecified atom stereocenters. The molecule has 0 aliphatic carbocycles. The predicted octanol–water partition coefficient (Wildman–Crippen LogP) is 3.69. The standard InChI is InChI=1S/C21H25BrN2O3/c1-4-19(21(26)23-3)24(13-16-7-5-6-15(2)12-16)20(25)14-27-18-10-8-17(22)9-11-18/h5-12,19H,4,13-14H2,1-3H3,(H,23,26). The molecule has 0 spiro atoms. The van der Waals surface area contributed by atoms with Crippen LogP contribution in [0.5, 0.6) is 5.75 Å². The summed E-state index contributed by atoms with van der Waals surface area (Å²) in [6.45, 7) is 4.13. The Kier molecular flexibility index (Phi) is 7.85. The molecule has 0 aliphatic heterocycles. The Labute approximate surface area is 168 Å². The van der Waals surface area contributed by atoms with Gasteiger partial charge in [-0.2, -0.15) is 0 Å². The van der Waals surface area contributed by atoms with Gasteiger partial charge in [-0.05, 0) is 43.2 Å². The first-order valence-electron chi connectivity index (χ1n) is 8.89. The first kappa shape index (κ1) is 21.0. The van der Waals surface area contributed by atoms with Gasteiger partial charge in [0.15, 0.2) is 6.61 Å². The molecule has 144 valence electrons. The van der Waals surface area contributed by atoms with Gasteiger partial charge in [0.2, 0.25) is 5.91 Å². The van der Waals surface area contributed by atoms with E-state index in [1.165, 1.54) is 0 Å². The van der Waals surface area contributed by atoms with E-state index in [9.17, 15) is 9.59 Å². The number of carbonyl (C=O) groups excluding carboxylic acids is 2. The number of amides is 2. The fourth-order valence-electron chi connectivity index (χ4n) is 2.85. The lowest BCUT2D eigenvalue weighted by Gasteiger charge is -2.30. The SMILES string of the molecule is CCC(C(=O)NC)N(Cc1cccc(C)c1)C(=O)COc1ccc(Br)cc1. The highest BCUT2D eigenvalue weighted by Crippen LogP contribution is 2.17. The Morgan fingerprint density at radius 1 is 1.19 bits per heavy atom. The quantitative estimate of drug-likeness (QED) is 0.691. The summed E-state index contributed by atoms with van der Waals surface area (Å²) in [7, 11) is 1.58. The van der Waals surface area contributed by atoms with Crippen molar-refractivity contribution in [3.8, 4) is 5.75 Å². The van der Waals surface area contributed by atoms with Crippen molar-refractivity contribution in [3.05, 3.63) is 64.1 Å². The first-order chi connectivity index (χ1) is 12.9. The van der Waals surface area contributed by atoms with Gasteiger partial charge in [0.25, 0.3) is 5.91 Å². The van der Waals surface area contributed by atoms with Crippen molar-refractivity contribution < 1.29 is 14.3 Å². The number of benzene rings is 2. The maximum absolute atomic E-state index is 12.9. The molecule has 0 aliphatic rings. The van der Waals surface area contributed by atoms with Gasteiger partial charge in [0.05, 0.1) is 0 Å². The number of ether oxygens (including phenoxy) is 1. The van der Waals surface area contributed by atoms with E-state index in [0.29, 0.717) is 18.7 Å². The second-order valence-corrected chi connectivity index (χ2v) is 7.21. The molecular formula is C21H25BrN2O3. The Morgan fingerprint density at radius 3 is 2.48 bits per heavy atom. The summed E-state index contributed by atoms with van der Waals surface area (Å²) in [5.41, 5.74) is 2.09. The largest absolute Gasteiger partial charge is 0.484 e. The van der Waals surface area contributed by atoms with E-state index in [1.807, 2.05) is 50.2 Å². The smallest absolute Gasteiger partial charge is 0.261 e. The molecule has 2 rings (SSSR count). The number of nitrogens with one attached hydrogen (secondary N) is 1. The highest BCUT2D eigenvalue weighted by Gasteiger charge is 2.28. The summed E-state index contributed by atoms with van der Waals surface area (Å²) in [6, 6.07) is 14.7. The van der Waals surface area contributed by atoms with Crippen LogP contribution in [0.1, 0.15) is 24.5 Å². The van der Waals surface area contributed by atoms with Crippen LogP contribution in [0, 0.1) is 6.92 Å². The Morgan fingerprint density at radius 2 is 1.89 bits per heavy atom. The summed E-state index contributed by atoms with van der Waals surface area (Å²) in [5, 5.41) is 2.65. The zero-order valence-electron chi connectivity index (χ0n) is 15.9. The van der Waals surface area contributed by atoms with Crippen LogP contribution in [0.25, 0.3) is 0 Å². The molecule has 1 N–H and O–H groups in total. The van der Waals surface area contributed by atoms with E-state index in [-0.39, 0.29) is 18.4 Å². The summed E-state index contributed by atoms with van der Waals surface area (Å²) in [4.78, 5) is 26.8. The molecule has 27 heavy (non-hydrogen) atoms. The molecule has 0 heterocycles. The number of hydrogen-bond donors (Lipinski definition) is 1. The van der Waals surface area contributed by atoms with Crippen molar-refractivity contribution in [3.63, 3.8) is 0 Å². The van der Waals surface area contributed by atoms with E-state index in [0.717, 1.165) is 15.6 Å². The summed E-state index contributed by atoms with van der Waals surface area (Å²) in [5.74, 6) is 0.201. The fourth-order valence-corrected chi connectivity index (χ4v) is 3.12. The van der Waals surface area contributed by atoms with E-state index >= 15 is 0 Å². The van der Waals surface area contributed by atoms with Gasteiger partial charge in [-0.15, -0.1) is 0 Å². The number of hydrogen-bond acceptors (Lipinski definition) is 3. The number of rotatable bonds is 8. The second-order valence-electron chi connectivity index (χ2n) is 6.29. The molecule has 6 heteroatoms. The van der Waals surface area contributed by atoms with Crippen molar-refractivity contribution in [2.45, 2.75) is 32.9 Å². The van der Waals surface area contributed by atoms with Gasteiger partial charge in [-0.3, -0.25) is 9.59 Å². The molecule has 2 amide bonds. The average molecular weight is 433 g/mol. The number of halogens is 1. The second kappa shape index (κ2) is 10.1. The molecule has 2 aromatic rings. The third kappa shape index (κ3) is 6.10. The highest BCUT2D eigenvalue weighted by atomic mass is 79.9. The Bertz CT molecular complexity index is 777. The summed E-state index contributed by atoms with van der Waals surface area (Å²) >= 11 is 3.37. The van der Waals surface area contributed by atoms with E-state index in [4.69, 9.17) is 4.74 Å². The van der Waals surface area contributed by atoms with Crippen molar-refractivity contribution in [1.29, 1.82) is 0 Å². The topological polar surface area (TPSA) is 58.6 Å².